The highest BCUT2D eigenvalue weighted by atomic mass is 14.2. The maximum Gasteiger partial charge on any atom is -0.0276 e. The zero-order valence-corrected chi connectivity index (χ0v) is 9.73. The Morgan fingerprint density at radius 2 is 1.53 bits per heavy atom. The lowest BCUT2D eigenvalue weighted by atomic mass is 9.97. The molecule has 0 radical (unpaired) electrons. The fourth-order valence-electron chi connectivity index (χ4n) is 2.62. The molecule has 0 N–H and O–H groups in total. The van der Waals surface area contributed by atoms with Crippen molar-refractivity contribution in [1.29, 1.82) is 0 Å². The van der Waals surface area contributed by atoms with Crippen LogP contribution < -0.4 is 0 Å². The molecule has 2 aliphatic carbocycles. The van der Waals surface area contributed by atoms with Gasteiger partial charge in [0.25, 0.3) is 0 Å². The van der Waals surface area contributed by atoms with Gasteiger partial charge in [0.2, 0.25) is 0 Å². The minimum absolute atomic E-state index is 1.21. The molecule has 2 aliphatic rings. The lowest BCUT2D eigenvalue weighted by molar-refractivity contribution is 0.706. The summed E-state index contributed by atoms with van der Waals surface area (Å²) in [4.78, 5) is 0. The summed E-state index contributed by atoms with van der Waals surface area (Å²) in [6, 6.07) is 0. The molecule has 0 bridgehead atoms. The van der Waals surface area contributed by atoms with Crippen LogP contribution in [-0.2, 0) is 0 Å². The summed E-state index contributed by atoms with van der Waals surface area (Å²) >= 11 is 0. The van der Waals surface area contributed by atoms with Crippen LogP contribution in [0.3, 0.4) is 0 Å². The van der Waals surface area contributed by atoms with E-state index in [1.54, 1.807) is 11.1 Å². The van der Waals surface area contributed by atoms with Crippen molar-refractivity contribution in [3.8, 4) is 0 Å². The Labute approximate surface area is 93.8 Å². The van der Waals surface area contributed by atoms with E-state index in [1.807, 2.05) is 0 Å². The highest BCUT2D eigenvalue weighted by Gasteiger charge is 2.10. The molecule has 0 heterocycles. The van der Waals surface area contributed by atoms with Crippen LogP contribution in [0.1, 0.15) is 57.8 Å². The average Bonchev–Trinajstić information content (AvgIpc) is 2.59. The van der Waals surface area contributed by atoms with Crippen molar-refractivity contribution in [3.05, 3.63) is 35.5 Å². The largest absolute Gasteiger partial charge is 0.0958 e. The van der Waals surface area contributed by atoms with Crippen molar-refractivity contribution in [2.45, 2.75) is 57.8 Å². The van der Waals surface area contributed by atoms with Gasteiger partial charge in [0.1, 0.15) is 0 Å². The van der Waals surface area contributed by atoms with Crippen LogP contribution in [0.2, 0.25) is 0 Å². The van der Waals surface area contributed by atoms with E-state index in [0.717, 1.165) is 0 Å². The van der Waals surface area contributed by atoms with Crippen molar-refractivity contribution in [1.82, 2.24) is 0 Å². The first-order chi connectivity index (χ1) is 7.36. The molecule has 0 fully saturated rings. The zero-order chi connectivity index (χ0) is 10.5. The van der Waals surface area contributed by atoms with E-state index in [2.05, 4.69) is 18.7 Å². The molecule has 0 nitrogen and oxygen atoms in total. The molecule has 0 aromatic heterocycles. The average molecular weight is 202 g/mol. The topological polar surface area (TPSA) is 0 Å². The molecule has 0 amide bonds. The molecule has 0 atom stereocenters. The molecule has 0 saturated heterocycles. The summed E-state index contributed by atoms with van der Waals surface area (Å²) in [5.74, 6) is 0. The minimum Gasteiger partial charge on any atom is -0.0958 e. The van der Waals surface area contributed by atoms with Gasteiger partial charge in [0.05, 0.1) is 0 Å². The van der Waals surface area contributed by atoms with E-state index in [1.165, 1.54) is 63.4 Å². The maximum atomic E-state index is 4.14. The van der Waals surface area contributed by atoms with Gasteiger partial charge in [-0.1, -0.05) is 30.7 Å². The number of hydrogen-bond acceptors (Lipinski definition) is 0. The van der Waals surface area contributed by atoms with Crippen molar-refractivity contribution >= 4 is 0 Å². The van der Waals surface area contributed by atoms with Crippen molar-refractivity contribution < 1.29 is 0 Å². The Kier molecular flexibility index (Phi) is 3.82. The molecule has 0 unspecified atom stereocenters. The van der Waals surface area contributed by atoms with Gasteiger partial charge in [0, 0.05) is 0 Å². The number of allylic oxidation sites excluding steroid dienone is 5. The van der Waals surface area contributed by atoms with E-state index in [0.29, 0.717) is 0 Å². The van der Waals surface area contributed by atoms with Gasteiger partial charge >= 0.3 is 0 Å². The van der Waals surface area contributed by atoms with Gasteiger partial charge in [-0.2, -0.15) is 0 Å². The monoisotopic (exact) mass is 202 g/mol. The number of rotatable bonds is 1. The Balaban J connectivity index is 2.12. The molecule has 0 saturated carbocycles. The fourth-order valence-corrected chi connectivity index (χ4v) is 2.62. The van der Waals surface area contributed by atoms with E-state index < -0.39 is 0 Å². The second-order valence-electron chi connectivity index (χ2n) is 4.86. The third kappa shape index (κ3) is 3.09. The molecule has 15 heavy (non-hydrogen) atoms. The van der Waals surface area contributed by atoms with Gasteiger partial charge < -0.3 is 0 Å². The second kappa shape index (κ2) is 5.34. The van der Waals surface area contributed by atoms with E-state index in [-0.39, 0.29) is 0 Å². The lowest BCUT2D eigenvalue weighted by Crippen LogP contribution is -1.89. The maximum absolute atomic E-state index is 4.14. The molecule has 2 rings (SSSR count). The van der Waals surface area contributed by atoms with Crippen LogP contribution >= 0.6 is 0 Å². The quantitative estimate of drug-likeness (QED) is 0.565. The van der Waals surface area contributed by atoms with Crippen LogP contribution in [0.15, 0.2) is 35.5 Å². The SMILES string of the molecule is C=C1C=C(C2=CCCCCC2)CCCC1. The second-order valence-corrected chi connectivity index (χ2v) is 4.86. The normalized spacial score (nSPS) is 23.9. The third-order valence-electron chi connectivity index (χ3n) is 3.53. The Morgan fingerprint density at radius 3 is 2.47 bits per heavy atom. The highest BCUT2D eigenvalue weighted by Crippen LogP contribution is 2.30. The van der Waals surface area contributed by atoms with Crippen LogP contribution in [0.4, 0.5) is 0 Å². The van der Waals surface area contributed by atoms with E-state index >= 15 is 0 Å². The minimum atomic E-state index is 1.21. The smallest absolute Gasteiger partial charge is 0.0276 e. The van der Waals surface area contributed by atoms with Crippen molar-refractivity contribution in [2.24, 2.45) is 0 Å². The van der Waals surface area contributed by atoms with Gasteiger partial charge in [-0.25, -0.2) is 0 Å². The first kappa shape index (κ1) is 10.7. The van der Waals surface area contributed by atoms with Gasteiger partial charge in [0.15, 0.2) is 0 Å². The van der Waals surface area contributed by atoms with Crippen LogP contribution in [-0.4, -0.2) is 0 Å². The molecular formula is C15H22. The lowest BCUT2D eigenvalue weighted by Gasteiger charge is -2.09. The summed E-state index contributed by atoms with van der Waals surface area (Å²) in [7, 11) is 0. The van der Waals surface area contributed by atoms with Gasteiger partial charge in [-0.15, -0.1) is 0 Å². The van der Waals surface area contributed by atoms with Gasteiger partial charge in [-0.3, -0.25) is 0 Å². The van der Waals surface area contributed by atoms with Crippen LogP contribution in [0.25, 0.3) is 0 Å². The number of hydrogen-bond donors (Lipinski definition) is 0. The third-order valence-corrected chi connectivity index (χ3v) is 3.53. The zero-order valence-electron chi connectivity index (χ0n) is 9.73. The molecule has 0 heteroatoms. The summed E-state index contributed by atoms with van der Waals surface area (Å²) < 4.78 is 0. The van der Waals surface area contributed by atoms with Crippen molar-refractivity contribution in [3.63, 3.8) is 0 Å². The highest BCUT2D eigenvalue weighted by molar-refractivity contribution is 5.37. The first-order valence-corrected chi connectivity index (χ1v) is 6.44. The fraction of sp³-hybridized carbons (Fsp3) is 0.600. The van der Waals surface area contributed by atoms with E-state index in [9.17, 15) is 0 Å². The summed E-state index contributed by atoms with van der Waals surface area (Å²) in [6.45, 7) is 4.14. The predicted molar refractivity (Wildman–Crippen MR) is 66.9 cm³/mol. The molecule has 0 aliphatic heterocycles. The molecule has 0 aromatic carbocycles. The predicted octanol–water partition coefficient (Wildman–Crippen LogP) is 4.93. The molecular weight excluding hydrogens is 180 g/mol. The molecule has 0 aromatic rings. The van der Waals surface area contributed by atoms with Crippen molar-refractivity contribution in [2.75, 3.05) is 0 Å². The Bertz CT molecular complexity index is 291. The standard InChI is InChI=1S/C15H22/c1-13-8-6-7-11-15(12-13)14-9-4-2-3-5-10-14/h9,12H,1-8,10-11H2. The molecule has 82 valence electrons. The Morgan fingerprint density at radius 1 is 0.800 bits per heavy atom. The van der Waals surface area contributed by atoms with Crippen LogP contribution in [0.5, 0.6) is 0 Å². The summed E-state index contributed by atoms with van der Waals surface area (Å²) in [6.07, 6.45) is 16.8. The summed E-state index contributed by atoms with van der Waals surface area (Å²) in [5.41, 5.74) is 4.57. The van der Waals surface area contributed by atoms with E-state index in [4.69, 9.17) is 0 Å². The Hall–Kier alpha value is -0.780. The summed E-state index contributed by atoms with van der Waals surface area (Å²) in [5, 5.41) is 0. The first-order valence-electron chi connectivity index (χ1n) is 6.44. The molecule has 0 spiro atoms. The van der Waals surface area contributed by atoms with Gasteiger partial charge in [-0.05, 0) is 62.5 Å². The van der Waals surface area contributed by atoms with Crippen LogP contribution in [0, 0.1) is 0 Å².